The monoisotopic (exact) mass is 198 g/mol. The van der Waals surface area contributed by atoms with Crippen molar-refractivity contribution in [2.24, 2.45) is 5.92 Å². The van der Waals surface area contributed by atoms with E-state index in [4.69, 9.17) is 0 Å². The van der Waals surface area contributed by atoms with Gasteiger partial charge in [-0.2, -0.15) is 0 Å². The quantitative estimate of drug-likeness (QED) is 0.694. The molecule has 2 fully saturated rings. The summed E-state index contributed by atoms with van der Waals surface area (Å²) in [5.41, 5.74) is 0. The van der Waals surface area contributed by atoms with Gasteiger partial charge < -0.3 is 5.32 Å². The van der Waals surface area contributed by atoms with E-state index < -0.39 is 0 Å². The maximum atomic E-state index is 3.41. The van der Waals surface area contributed by atoms with Gasteiger partial charge in [-0.1, -0.05) is 27.2 Å². The second kappa shape index (κ2) is 6.41. The van der Waals surface area contributed by atoms with Crippen molar-refractivity contribution in [3.63, 3.8) is 0 Å². The molecule has 2 nitrogen and oxygen atoms in total. The van der Waals surface area contributed by atoms with Crippen LogP contribution >= 0.6 is 0 Å². The smallest absolute Gasteiger partial charge is 0.0221 e. The average Bonchev–Trinajstić information content (AvgIpc) is 2.66. The van der Waals surface area contributed by atoms with Crippen molar-refractivity contribution in [1.82, 2.24) is 10.2 Å². The number of hydrogen-bond acceptors (Lipinski definition) is 2. The molecule has 0 radical (unpaired) electrons. The van der Waals surface area contributed by atoms with Crippen molar-refractivity contribution in [2.45, 2.75) is 46.1 Å². The largest absolute Gasteiger partial charge is 0.314 e. The first kappa shape index (κ1) is 12.0. The van der Waals surface area contributed by atoms with Crippen molar-refractivity contribution >= 4 is 0 Å². The van der Waals surface area contributed by atoms with Gasteiger partial charge in [0.25, 0.3) is 0 Å². The zero-order valence-corrected chi connectivity index (χ0v) is 10.1. The van der Waals surface area contributed by atoms with E-state index in [9.17, 15) is 0 Å². The molecule has 2 aliphatic rings. The summed E-state index contributed by atoms with van der Waals surface area (Å²) in [5.74, 6) is 0.884. The summed E-state index contributed by atoms with van der Waals surface area (Å²) in [6.07, 6.45) is 4.15. The molecule has 0 bridgehead atoms. The van der Waals surface area contributed by atoms with Gasteiger partial charge in [-0.25, -0.2) is 0 Å². The van der Waals surface area contributed by atoms with Crippen LogP contribution in [0.4, 0.5) is 0 Å². The fourth-order valence-corrected chi connectivity index (χ4v) is 1.91. The molecule has 1 unspecified atom stereocenters. The summed E-state index contributed by atoms with van der Waals surface area (Å²) < 4.78 is 0. The third-order valence-electron chi connectivity index (χ3n) is 3.27. The Bertz CT molecular complexity index is 133. The minimum absolute atomic E-state index is 0.884. The summed E-state index contributed by atoms with van der Waals surface area (Å²) in [5, 5.41) is 3.41. The predicted octanol–water partition coefficient (Wildman–Crippen LogP) is 2.11. The molecule has 84 valence electrons. The highest BCUT2D eigenvalue weighted by molar-refractivity contribution is 4.84. The number of nitrogens with zero attached hydrogens (tertiary/aromatic N) is 1. The first-order valence-corrected chi connectivity index (χ1v) is 6.18. The van der Waals surface area contributed by atoms with Gasteiger partial charge in [0.05, 0.1) is 0 Å². The Morgan fingerprint density at radius 3 is 2.64 bits per heavy atom. The van der Waals surface area contributed by atoms with Gasteiger partial charge in [-0.05, 0) is 25.3 Å². The molecule has 1 N–H and O–H groups in total. The molecule has 0 spiro atoms. The number of piperazine rings is 1. The van der Waals surface area contributed by atoms with Crippen molar-refractivity contribution < 1.29 is 0 Å². The summed E-state index contributed by atoms with van der Waals surface area (Å²) in [7, 11) is 0. The highest BCUT2D eigenvalue weighted by Crippen LogP contribution is 2.17. The van der Waals surface area contributed by atoms with Crippen LogP contribution in [0.2, 0.25) is 0 Å². The maximum absolute atomic E-state index is 3.41. The summed E-state index contributed by atoms with van der Waals surface area (Å²) in [6.45, 7) is 11.7. The van der Waals surface area contributed by atoms with Crippen LogP contribution in [0.1, 0.15) is 40.0 Å². The van der Waals surface area contributed by atoms with E-state index >= 15 is 0 Å². The van der Waals surface area contributed by atoms with E-state index in [-0.39, 0.29) is 0 Å². The van der Waals surface area contributed by atoms with Gasteiger partial charge in [0.1, 0.15) is 0 Å². The Kier molecular flexibility index (Phi) is 5.49. The molecule has 2 aliphatic heterocycles. The number of nitrogens with one attached hydrogen (secondary N) is 1. The van der Waals surface area contributed by atoms with Crippen LogP contribution < -0.4 is 5.32 Å². The lowest BCUT2D eigenvalue weighted by molar-refractivity contribution is 0.212. The highest BCUT2D eigenvalue weighted by Gasteiger charge is 2.25. The van der Waals surface area contributed by atoms with Gasteiger partial charge in [-0.15, -0.1) is 0 Å². The van der Waals surface area contributed by atoms with E-state index in [0.29, 0.717) is 0 Å². The minimum Gasteiger partial charge on any atom is -0.314 e. The fraction of sp³-hybridized carbons (Fsp3) is 1.00. The fourth-order valence-electron chi connectivity index (χ4n) is 1.91. The van der Waals surface area contributed by atoms with E-state index in [2.05, 4.69) is 31.0 Å². The number of hydrogen-bond donors (Lipinski definition) is 1. The van der Waals surface area contributed by atoms with Crippen LogP contribution in [0, 0.1) is 5.92 Å². The van der Waals surface area contributed by atoms with Crippen molar-refractivity contribution in [1.29, 1.82) is 0 Å². The molecule has 2 rings (SSSR count). The Balaban J connectivity index is 0.000000171. The van der Waals surface area contributed by atoms with Gasteiger partial charge >= 0.3 is 0 Å². The average molecular weight is 198 g/mol. The molecule has 2 saturated heterocycles. The lowest BCUT2D eigenvalue weighted by atomic mass is 10.2. The molecule has 0 amide bonds. The van der Waals surface area contributed by atoms with Crippen LogP contribution in [0.15, 0.2) is 0 Å². The van der Waals surface area contributed by atoms with Crippen LogP contribution in [0.3, 0.4) is 0 Å². The van der Waals surface area contributed by atoms with Crippen molar-refractivity contribution in [3.8, 4) is 0 Å². The minimum atomic E-state index is 0.884. The van der Waals surface area contributed by atoms with E-state index in [0.717, 1.165) is 12.0 Å². The zero-order chi connectivity index (χ0) is 10.4. The first-order chi connectivity index (χ1) is 6.74. The Morgan fingerprint density at radius 1 is 1.36 bits per heavy atom. The van der Waals surface area contributed by atoms with Crippen LogP contribution in [0.5, 0.6) is 0 Å². The lowest BCUT2D eigenvalue weighted by Gasteiger charge is -2.29. The summed E-state index contributed by atoms with van der Waals surface area (Å²) >= 11 is 0. The van der Waals surface area contributed by atoms with Crippen molar-refractivity contribution in [3.05, 3.63) is 0 Å². The molecule has 0 aromatic heterocycles. The second-order valence-corrected chi connectivity index (χ2v) is 4.84. The molecule has 0 aromatic carbocycles. The predicted molar refractivity (Wildman–Crippen MR) is 62.6 cm³/mol. The topological polar surface area (TPSA) is 15.3 Å². The van der Waals surface area contributed by atoms with Crippen molar-refractivity contribution in [2.75, 3.05) is 26.2 Å². The van der Waals surface area contributed by atoms with Crippen LogP contribution in [-0.2, 0) is 0 Å². The van der Waals surface area contributed by atoms with Crippen LogP contribution in [0.25, 0.3) is 0 Å². The Labute approximate surface area is 89.1 Å². The van der Waals surface area contributed by atoms with Gasteiger partial charge in [0, 0.05) is 25.7 Å². The van der Waals surface area contributed by atoms with Gasteiger partial charge in [0.2, 0.25) is 0 Å². The molecule has 0 saturated carbocycles. The molecular weight excluding hydrogens is 172 g/mol. The normalized spacial score (nSPS) is 27.0. The number of rotatable bonds is 1. The standard InChI is InChI=1S/C7H14N2.C5H12/c1-2-7-6-8-3-5-9(7)4-1;1-4-5(2)3/h7-8H,1-6H2;5H,4H2,1-3H3. The van der Waals surface area contributed by atoms with Crippen LogP contribution in [-0.4, -0.2) is 37.1 Å². The van der Waals surface area contributed by atoms with E-state index in [1.165, 1.54) is 45.4 Å². The van der Waals surface area contributed by atoms with Gasteiger partial charge in [0.15, 0.2) is 0 Å². The van der Waals surface area contributed by atoms with Gasteiger partial charge in [-0.3, -0.25) is 4.90 Å². The summed E-state index contributed by atoms with van der Waals surface area (Å²) in [4.78, 5) is 2.61. The number of fused-ring (bicyclic) bond motifs is 1. The SMILES string of the molecule is C1CC2CNCCN2C1.CCC(C)C. The molecule has 0 aromatic rings. The molecule has 2 heterocycles. The zero-order valence-electron chi connectivity index (χ0n) is 10.1. The first-order valence-electron chi connectivity index (χ1n) is 6.18. The highest BCUT2D eigenvalue weighted by atomic mass is 15.2. The van der Waals surface area contributed by atoms with E-state index in [1.54, 1.807) is 0 Å². The lowest BCUT2D eigenvalue weighted by Crippen LogP contribution is -2.47. The maximum Gasteiger partial charge on any atom is 0.0221 e. The second-order valence-electron chi connectivity index (χ2n) is 4.84. The summed E-state index contributed by atoms with van der Waals surface area (Å²) in [6, 6.07) is 0.888. The third kappa shape index (κ3) is 3.97. The third-order valence-corrected chi connectivity index (χ3v) is 3.27. The van der Waals surface area contributed by atoms with E-state index in [1.807, 2.05) is 0 Å². The molecular formula is C12H26N2. The molecule has 2 heteroatoms. The Hall–Kier alpha value is -0.0800. The Morgan fingerprint density at radius 2 is 2.07 bits per heavy atom. The molecule has 14 heavy (non-hydrogen) atoms. The molecule has 1 atom stereocenters. The molecule has 0 aliphatic carbocycles.